The molecule has 2 aliphatic rings. The second-order valence-electron chi connectivity index (χ2n) is 8.67. The molecular formula is C23H24N4O7. The summed E-state index contributed by atoms with van der Waals surface area (Å²) in [7, 11) is 0. The van der Waals surface area contributed by atoms with E-state index in [0.29, 0.717) is 22.1 Å². The Hall–Kier alpha value is -3.96. The molecule has 0 aromatic heterocycles. The number of hydrogen-bond donors (Lipinski definition) is 7. The highest BCUT2D eigenvalue weighted by Crippen LogP contribution is 2.50. The highest BCUT2D eigenvalue weighted by atomic mass is 16.3. The van der Waals surface area contributed by atoms with Crippen molar-refractivity contribution in [2.24, 2.45) is 22.5 Å². The molecule has 11 heteroatoms. The number of aromatic hydroxyl groups is 2. The third-order valence-corrected chi connectivity index (χ3v) is 6.82. The summed E-state index contributed by atoms with van der Waals surface area (Å²) < 4.78 is 0. The van der Waals surface area contributed by atoms with Crippen molar-refractivity contribution >= 4 is 34.1 Å². The lowest BCUT2D eigenvalue weighted by molar-refractivity contribution is -0.122. The molecule has 11 nitrogen and oxygen atoms in total. The van der Waals surface area contributed by atoms with Gasteiger partial charge in [-0.1, -0.05) is 12.1 Å². The van der Waals surface area contributed by atoms with Gasteiger partial charge in [0.15, 0.2) is 11.4 Å². The van der Waals surface area contributed by atoms with Gasteiger partial charge >= 0.3 is 6.03 Å². The Kier molecular flexibility index (Phi) is 5.14. The van der Waals surface area contributed by atoms with Gasteiger partial charge in [0.2, 0.25) is 5.78 Å². The number of urea groups is 1. The fourth-order valence-corrected chi connectivity index (χ4v) is 4.96. The number of fused-ring (bicyclic) bond motifs is 3. The first-order valence-corrected chi connectivity index (χ1v) is 10.4. The summed E-state index contributed by atoms with van der Waals surface area (Å²) in [5.41, 5.74) is 10.7. The van der Waals surface area contributed by atoms with Gasteiger partial charge in [0.05, 0.1) is 28.3 Å². The van der Waals surface area contributed by atoms with Crippen LogP contribution in [0.1, 0.15) is 34.0 Å². The van der Waals surface area contributed by atoms with Gasteiger partial charge in [-0.15, -0.1) is 0 Å². The molecule has 0 bridgehead atoms. The second-order valence-corrected chi connectivity index (χ2v) is 8.67. The zero-order valence-corrected chi connectivity index (χ0v) is 18.6. The largest absolute Gasteiger partial charge is 0.508 e. The fourth-order valence-electron chi connectivity index (χ4n) is 4.96. The number of phenolic OH excluding ortho intramolecular Hbond substituents is 2. The molecular weight excluding hydrogens is 444 g/mol. The summed E-state index contributed by atoms with van der Waals surface area (Å²) in [6.07, 6.45) is -0.110. The van der Waals surface area contributed by atoms with E-state index in [0.717, 1.165) is 0 Å². The van der Waals surface area contributed by atoms with Gasteiger partial charge in [-0.3, -0.25) is 9.59 Å². The second kappa shape index (κ2) is 7.54. The van der Waals surface area contributed by atoms with Crippen molar-refractivity contribution in [3.05, 3.63) is 45.7 Å². The van der Waals surface area contributed by atoms with Crippen LogP contribution in [-0.4, -0.2) is 55.4 Å². The van der Waals surface area contributed by atoms with E-state index in [-0.39, 0.29) is 28.8 Å². The predicted octanol–water partition coefficient (Wildman–Crippen LogP) is 0.720. The highest BCUT2D eigenvalue weighted by molar-refractivity contribution is 6.26. The third-order valence-electron chi connectivity index (χ3n) is 6.82. The molecule has 4 rings (SSSR count). The molecule has 0 spiro atoms. The van der Waals surface area contributed by atoms with E-state index in [4.69, 9.17) is 11.5 Å². The molecule has 0 fully saturated rings. The maximum absolute atomic E-state index is 13.7. The topological polar surface area (TPSA) is 209 Å². The first-order valence-electron chi connectivity index (χ1n) is 10.4. The third kappa shape index (κ3) is 2.90. The number of nitrogens with zero attached hydrogens (tertiary/aromatic N) is 1. The van der Waals surface area contributed by atoms with Gasteiger partial charge in [-0.2, -0.15) is 5.10 Å². The van der Waals surface area contributed by atoms with E-state index in [1.807, 2.05) is 5.43 Å². The number of hydrogen-bond acceptors (Lipinski definition) is 9. The van der Waals surface area contributed by atoms with Gasteiger partial charge in [-0.25, -0.2) is 10.2 Å². The normalized spacial score (nSPS) is 24.8. The Labute approximate surface area is 193 Å². The van der Waals surface area contributed by atoms with Crippen LogP contribution >= 0.6 is 0 Å². The molecule has 0 heterocycles. The number of amides is 2. The van der Waals surface area contributed by atoms with Crippen LogP contribution in [0.5, 0.6) is 11.5 Å². The van der Waals surface area contributed by atoms with E-state index < -0.39 is 52.2 Å². The van der Waals surface area contributed by atoms with Gasteiger partial charge in [0.1, 0.15) is 17.3 Å². The number of nitrogens with one attached hydrogen (secondary N) is 1. The lowest BCUT2D eigenvalue weighted by Crippen LogP contribution is -2.63. The minimum atomic E-state index is -2.66. The Bertz CT molecular complexity index is 1380. The van der Waals surface area contributed by atoms with Crippen LogP contribution in [0.25, 0.3) is 10.8 Å². The quantitative estimate of drug-likeness (QED) is 0.246. The molecule has 9 N–H and O–H groups in total. The monoisotopic (exact) mass is 468 g/mol. The summed E-state index contributed by atoms with van der Waals surface area (Å²) in [5, 5.41) is 48.3. The average molecular weight is 468 g/mol. The van der Waals surface area contributed by atoms with E-state index >= 15 is 0 Å². The number of carbonyl (C=O) groups is 3. The van der Waals surface area contributed by atoms with Crippen molar-refractivity contribution in [2.45, 2.75) is 38.8 Å². The molecule has 0 radical (unpaired) electrons. The average Bonchev–Trinajstić information content (AvgIpc) is 2.78. The molecule has 3 atom stereocenters. The van der Waals surface area contributed by atoms with E-state index in [1.165, 1.54) is 6.92 Å². The lowest BCUT2D eigenvalue weighted by atomic mass is 9.61. The van der Waals surface area contributed by atoms with E-state index in [1.54, 1.807) is 26.0 Å². The van der Waals surface area contributed by atoms with Crippen LogP contribution in [0.3, 0.4) is 0 Å². The SMILES string of the molecule is C/C(=N\NC(N)=O)C1=C(O)[C@@]2(O)C(=O)c3c(c(C)c4ccc(C)c(O)c4c3O)C[C@H]2[C@@H](N)C1=O. The van der Waals surface area contributed by atoms with Crippen LogP contribution < -0.4 is 16.9 Å². The summed E-state index contributed by atoms with van der Waals surface area (Å²) in [6, 6.07) is 0.915. The number of aryl methyl sites for hydroxylation is 2. The van der Waals surface area contributed by atoms with Crippen molar-refractivity contribution < 1.29 is 34.8 Å². The van der Waals surface area contributed by atoms with Crippen LogP contribution in [0.4, 0.5) is 4.79 Å². The van der Waals surface area contributed by atoms with Crippen LogP contribution in [0.15, 0.2) is 28.6 Å². The minimum Gasteiger partial charge on any atom is -0.508 e. The maximum Gasteiger partial charge on any atom is 0.332 e. The number of carbonyl (C=O) groups excluding carboxylic acids is 3. The van der Waals surface area contributed by atoms with Crippen molar-refractivity contribution in [2.75, 3.05) is 0 Å². The van der Waals surface area contributed by atoms with Gasteiger partial charge < -0.3 is 31.9 Å². The fraction of sp³-hybridized carbons (Fsp3) is 0.304. The highest BCUT2D eigenvalue weighted by Gasteiger charge is 2.60. The number of nitrogens with two attached hydrogens (primary N) is 2. The van der Waals surface area contributed by atoms with E-state index in [2.05, 4.69) is 5.10 Å². The smallest absolute Gasteiger partial charge is 0.332 e. The molecule has 2 aliphatic carbocycles. The van der Waals surface area contributed by atoms with Crippen molar-refractivity contribution in [3.63, 3.8) is 0 Å². The van der Waals surface area contributed by atoms with E-state index in [9.17, 15) is 34.8 Å². The zero-order valence-electron chi connectivity index (χ0n) is 18.6. The molecule has 0 saturated heterocycles. The first-order chi connectivity index (χ1) is 15.8. The van der Waals surface area contributed by atoms with Crippen LogP contribution in [0, 0.1) is 19.8 Å². The number of aliphatic hydroxyl groups is 2. The molecule has 2 amide bonds. The number of Topliss-reactive ketones (excluding diaryl/α,β-unsaturated/α-hetero) is 2. The summed E-state index contributed by atoms with van der Waals surface area (Å²) in [4.78, 5) is 37.7. The molecule has 0 unspecified atom stereocenters. The number of primary amides is 1. The number of aliphatic hydroxyl groups excluding tert-OH is 1. The number of ketones is 2. The van der Waals surface area contributed by atoms with Crippen LogP contribution in [-0.2, 0) is 11.2 Å². The molecule has 34 heavy (non-hydrogen) atoms. The summed E-state index contributed by atoms with van der Waals surface area (Å²) in [5.74, 6) is -4.86. The van der Waals surface area contributed by atoms with Crippen molar-refractivity contribution in [1.82, 2.24) is 5.43 Å². The number of hydrazone groups is 1. The molecule has 2 aromatic rings. The zero-order chi connectivity index (χ0) is 25.3. The molecule has 2 aromatic carbocycles. The standard InChI is InChI=1S/C23H24N4O7/c1-7-4-5-10-8(2)11-6-12-16(24)19(30)13(9(3)26-27-22(25)33)20(31)23(12,34)21(32)15(11)18(29)14(10)17(7)28/h4-5,12,16,28-29,31,34H,6,24H2,1-3H3,(H3,25,27,33)/b26-9+/t12-,16+,23+/m0/s1. The number of benzene rings is 2. The minimum absolute atomic E-state index is 0.0370. The molecule has 0 aliphatic heterocycles. The number of rotatable bonds is 2. The van der Waals surface area contributed by atoms with Gasteiger partial charge in [0.25, 0.3) is 0 Å². The summed E-state index contributed by atoms with van der Waals surface area (Å²) in [6.45, 7) is 4.58. The lowest BCUT2D eigenvalue weighted by Gasteiger charge is -2.45. The number of phenols is 2. The first kappa shape index (κ1) is 23.2. The van der Waals surface area contributed by atoms with Gasteiger partial charge in [0, 0.05) is 5.92 Å². The Balaban J connectivity index is 2.02. The van der Waals surface area contributed by atoms with Crippen molar-refractivity contribution in [1.29, 1.82) is 0 Å². The Morgan fingerprint density at radius 1 is 1.18 bits per heavy atom. The Morgan fingerprint density at radius 2 is 1.82 bits per heavy atom. The van der Waals surface area contributed by atoms with Crippen molar-refractivity contribution in [3.8, 4) is 11.5 Å². The molecule has 0 saturated carbocycles. The maximum atomic E-state index is 13.7. The molecule has 178 valence electrons. The predicted molar refractivity (Wildman–Crippen MR) is 122 cm³/mol. The Morgan fingerprint density at radius 3 is 2.44 bits per heavy atom. The van der Waals surface area contributed by atoms with Gasteiger partial charge in [-0.05, 0) is 49.3 Å². The summed E-state index contributed by atoms with van der Waals surface area (Å²) >= 11 is 0. The van der Waals surface area contributed by atoms with Crippen LogP contribution in [0.2, 0.25) is 0 Å².